The Balaban J connectivity index is 1.45. The lowest BCUT2D eigenvalue weighted by Crippen LogP contribution is -2.39. The number of para-hydroxylation sites is 1. The number of sulfone groups is 1. The van der Waals surface area contributed by atoms with Gasteiger partial charge in [0.05, 0.1) is 34.9 Å². The second-order valence-electron chi connectivity index (χ2n) is 7.73. The minimum atomic E-state index is -3.10. The quantitative estimate of drug-likeness (QED) is 0.741. The number of likely N-dealkylation sites (tertiary alicyclic amines) is 1. The molecular weight excluding hydrogens is 396 g/mol. The Kier molecular flexibility index (Phi) is 4.89. The van der Waals surface area contributed by atoms with E-state index in [0.717, 1.165) is 0 Å². The third-order valence-corrected chi connectivity index (χ3v) is 7.33. The molecule has 9 nitrogen and oxygen atoms in total. The number of aromatic amines is 1. The highest BCUT2D eigenvalue weighted by atomic mass is 32.2. The Morgan fingerprint density at radius 2 is 2.07 bits per heavy atom. The Labute approximate surface area is 167 Å². The largest absolute Gasteiger partial charge is 0.338 e. The molecular formula is C19H22N4O5S. The molecule has 4 rings (SSSR count). The average molecular weight is 418 g/mol. The molecule has 0 bridgehead atoms. The van der Waals surface area contributed by atoms with Gasteiger partial charge in [0.1, 0.15) is 5.82 Å². The van der Waals surface area contributed by atoms with Gasteiger partial charge in [-0.2, -0.15) is 0 Å². The van der Waals surface area contributed by atoms with Crippen LogP contribution in [0.5, 0.6) is 0 Å². The van der Waals surface area contributed by atoms with Crippen LogP contribution in [0.1, 0.15) is 18.7 Å². The predicted molar refractivity (Wildman–Crippen MR) is 106 cm³/mol. The van der Waals surface area contributed by atoms with E-state index in [1.54, 1.807) is 31.3 Å². The summed E-state index contributed by atoms with van der Waals surface area (Å²) in [5.41, 5.74) is 0.285. The van der Waals surface area contributed by atoms with Crippen LogP contribution in [0.15, 0.2) is 29.1 Å². The molecule has 3 heterocycles. The number of benzene rings is 1. The normalized spacial score (nSPS) is 23.6. The van der Waals surface area contributed by atoms with Crippen LogP contribution in [0.3, 0.4) is 0 Å². The number of carbonyl (C=O) groups excluding carboxylic acids is 2. The summed E-state index contributed by atoms with van der Waals surface area (Å²) in [5.74, 6) is -0.511. The monoisotopic (exact) mass is 418 g/mol. The summed E-state index contributed by atoms with van der Waals surface area (Å²) in [7, 11) is -1.50. The molecule has 0 unspecified atom stereocenters. The lowest BCUT2D eigenvalue weighted by molar-refractivity contribution is -0.135. The van der Waals surface area contributed by atoms with Gasteiger partial charge in [-0.15, -0.1) is 0 Å². The highest BCUT2D eigenvalue weighted by molar-refractivity contribution is 7.91. The van der Waals surface area contributed by atoms with Gasteiger partial charge in [0.15, 0.2) is 9.84 Å². The second-order valence-corrected chi connectivity index (χ2v) is 9.96. The molecule has 2 aliphatic heterocycles. The molecule has 2 atom stereocenters. The number of hydrogen-bond acceptors (Lipinski definition) is 6. The van der Waals surface area contributed by atoms with Gasteiger partial charge >= 0.3 is 0 Å². The van der Waals surface area contributed by atoms with E-state index in [1.807, 2.05) is 0 Å². The number of H-pyrrole nitrogens is 1. The number of carbonyl (C=O) groups is 2. The number of amides is 2. The first-order valence-corrected chi connectivity index (χ1v) is 11.3. The third kappa shape index (κ3) is 3.89. The molecule has 0 spiro atoms. The van der Waals surface area contributed by atoms with Gasteiger partial charge in [-0.1, -0.05) is 12.1 Å². The summed E-state index contributed by atoms with van der Waals surface area (Å²) >= 11 is 0. The molecule has 0 radical (unpaired) electrons. The number of nitrogens with one attached hydrogen (secondary N) is 1. The first kappa shape index (κ1) is 19.6. The van der Waals surface area contributed by atoms with Crippen LogP contribution < -0.4 is 5.56 Å². The number of rotatable bonds is 4. The van der Waals surface area contributed by atoms with Crippen molar-refractivity contribution in [1.29, 1.82) is 0 Å². The topological polar surface area (TPSA) is 121 Å². The minimum absolute atomic E-state index is 0.0300. The Hall–Kier alpha value is -2.75. The Morgan fingerprint density at radius 3 is 2.79 bits per heavy atom. The van der Waals surface area contributed by atoms with Gasteiger partial charge in [-0.25, -0.2) is 13.4 Å². The van der Waals surface area contributed by atoms with E-state index >= 15 is 0 Å². The third-order valence-electron chi connectivity index (χ3n) is 5.58. The van der Waals surface area contributed by atoms with Crippen LogP contribution in [0, 0.1) is 5.92 Å². The summed E-state index contributed by atoms with van der Waals surface area (Å²) in [6, 6.07) is 6.62. The molecule has 2 saturated heterocycles. The minimum Gasteiger partial charge on any atom is -0.338 e. The van der Waals surface area contributed by atoms with Crippen molar-refractivity contribution in [1.82, 2.24) is 19.8 Å². The van der Waals surface area contributed by atoms with E-state index < -0.39 is 15.8 Å². The van der Waals surface area contributed by atoms with E-state index in [-0.39, 0.29) is 54.4 Å². The van der Waals surface area contributed by atoms with Gasteiger partial charge in [-0.05, 0) is 18.6 Å². The van der Waals surface area contributed by atoms with E-state index in [0.29, 0.717) is 23.1 Å². The van der Waals surface area contributed by atoms with Crippen molar-refractivity contribution >= 4 is 32.6 Å². The van der Waals surface area contributed by atoms with Crippen molar-refractivity contribution in [3.8, 4) is 0 Å². The fourth-order valence-electron chi connectivity index (χ4n) is 4.10. The SMILES string of the molecule is CN(Cc1nc2ccccc2c(=O)[nH]1)C(=O)[C@@H]1CC(=O)N([C@@H]2CCS(=O)(=O)C2)C1. The van der Waals surface area contributed by atoms with E-state index in [9.17, 15) is 22.8 Å². The molecule has 1 N–H and O–H groups in total. The molecule has 29 heavy (non-hydrogen) atoms. The highest BCUT2D eigenvalue weighted by Gasteiger charge is 2.42. The van der Waals surface area contributed by atoms with Gasteiger partial charge in [0.25, 0.3) is 5.56 Å². The van der Waals surface area contributed by atoms with Crippen LogP contribution in [0.25, 0.3) is 10.9 Å². The van der Waals surface area contributed by atoms with Crippen molar-refractivity contribution in [2.24, 2.45) is 5.92 Å². The summed E-state index contributed by atoms with van der Waals surface area (Å²) < 4.78 is 23.4. The van der Waals surface area contributed by atoms with Crippen molar-refractivity contribution < 1.29 is 18.0 Å². The molecule has 2 aliphatic rings. The summed E-state index contributed by atoms with van der Waals surface area (Å²) in [4.78, 5) is 47.5. The standard InChI is InChI=1S/C19H22N4O5S/c1-22(10-16-20-15-5-3-2-4-14(15)18(25)21-16)19(26)12-8-17(24)23(9-12)13-6-7-29(27,28)11-13/h2-5,12-13H,6-11H2,1H3,(H,20,21,25)/t12-,13-/m1/s1. The average Bonchev–Trinajstić information content (AvgIpc) is 3.23. The zero-order valence-corrected chi connectivity index (χ0v) is 16.8. The molecule has 1 aromatic heterocycles. The maximum atomic E-state index is 12.8. The Morgan fingerprint density at radius 1 is 1.31 bits per heavy atom. The van der Waals surface area contributed by atoms with Crippen molar-refractivity contribution in [2.45, 2.75) is 25.4 Å². The van der Waals surface area contributed by atoms with E-state index in [4.69, 9.17) is 0 Å². The predicted octanol–water partition coefficient (Wildman–Crippen LogP) is -0.0829. The molecule has 10 heteroatoms. The molecule has 0 aliphatic carbocycles. The van der Waals surface area contributed by atoms with Gasteiger partial charge in [0, 0.05) is 26.1 Å². The van der Waals surface area contributed by atoms with E-state index in [1.165, 1.54) is 9.80 Å². The zero-order valence-electron chi connectivity index (χ0n) is 16.0. The summed E-state index contributed by atoms with van der Waals surface area (Å²) in [5, 5.41) is 0.480. The fraction of sp³-hybridized carbons (Fsp3) is 0.474. The lowest BCUT2D eigenvalue weighted by atomic mass is 10.1. The van der Waals surface area contributed by atoms with Gasteiger partial charge in [-0.3, -0.25) is 14.4 Å². The van der Waals surface area contributed by atoms with Crippen molar-refractivity contribution in [3.63, 3.8) is 0 Å². The molecule has 0 saturated carbocycles. The highest BCUT2D eigenvalue weighted by Crippen LogP contribution is 2.27. The van der Waals surface area contributed by atoms with Crippen LogP contribution in [-0.2, 0) is 26.0 Å². The van der Waals surface area contributed by atoms with Gasteiger partial charge < -0.3 is 14.8 Å². The molecule has 2 amide bonds. The second kappa shape index (κ2) is 7.25. The van der Waals surface area contributed by atoms with Crippen LogP contribution in [-0.4, -0.2) is 71.1 Å². The van der Waals surface area contributed by atoms with Crippen LogP contribution in [0.4, 0.5) is 0 Å². The van der Waals surface area contributed by atoms with Crippen LogP contribution >= 0.6 is 0 Å². The smallest absolute Gasteiger partial charge is 0.258 e. The molecule has 154 valence electrons. The maximum Gasteiger partial charge on any atom is 0.258 e. The van der Waals surface area contributed by atoms with E-state index in [2.05, 4.69) is 9.97 Å². The fourth-order valence-corrected chi connectivity index (χ4v) is 5.83. The molecule has 2 fully saturated rings. The molecule has 1 aromatic carbocycles. The number of fused-ring (bicyclic) bond motifs is 1. The van der Waals surface area contributed by atoms with Gasteiger partial charge in [0.2, 0.25) is 11.8 Å². The first-order valence-electron chi connectivity index (χ1n) is 9.46. The molecule has 2 aromatic rings. The zero-order chi connectivity index (χ0) is 20.8. The van der Waals surface area contributed by atoms with Crippen LogP contribution in [0.2, 0.25) is 0 Å². The summed E-state index contributed by atoms with van der Waals surface area (Å²) in [6.45, 7) is 0.339. The first-order chi connectivity index (χ1) is 13.7. The number of aromatic nitrogens is 2. The Bertz CT molecular complexity index is 1140. The van der Waals surface area contributed by atoms with Crippen molar-refractivity contribution in [3.05, 3.63) is 40.4 Å². The maximum absolute atomic E-state index is 12.8. The van der Waals surface area contributed by atoms with Crippen molar-refractivity contribution in [2.75, 3.05) is 25.1 Å². The number of hydrogen-bond donors (Lipinski definition) is 1. The lowest BCUT2D eigenvalue weighted by Gasteiger charge is -2.24. The number of nitrogens with zero attached hydrogens (tertiary/aromatic N) is 3. The summed E-state index contributed by atoms with van der Waals surface area (Å²) in [6.07, 6.45) is 0.495.